The normalized spacial score (nSPS) is 24.7. The Morgan fingerprint density at radius 3 is 2.60 bits per heavy atom. The topological polar surface area (TPSA) is 59.0 Å². The van der Waals surface area contributed by atoms with Crippen molar-refractivity contribution in [3.63, 3.8) is 0 Å². The largest absolute Gasteiger partial charge is 0.460 e. The van der Waals surface area contributed by atoms with Crippen molar-refractivity contribution in [2.75, 3.05) is 13.2 Å². The van der Waals surface area contributed by atoms with Crippen LogP contribution in [0, 0.1) is 0 Å². The molecule has 20 heavy (non-hydrogen) atoms. The summed E-state index contributed by atoms with van der Waals surface area (Å²) in [6.07, 6.45) is 1.86. The van der Waals surface area contributed by atoms with E-state index in [2.05, 4.69) is 40.4 Å². The standard InChI is InChI=1S/C14H27NO4Si/c1-7-8-18-13(16)12-9-11(10-15(12)17)19-20(5,6)14(2,3)4/h7,11-12,17H,1,8-10H2,2-6H3/t11-,12+/m1/s1. The Bertz CT molecular complexity index is 365. The van der Waals surface area contributed by atoms with E-state index < -0.39 is 20.3 Å². The molecule has 1 heterocycles. The highest BCUT2D eigenvalue weighted by molar-refractivity contribution is 6.74. The van der Waals surface area contributed by atoms with Gasteiger partial charge in [-0.05, 0) is 18.1 Å². The van der Waals surface area contributed by atoms with Crippen LogP contribution >= 0.6 is 0 Å². The van der Waals surface area contributed by atoms with Crippen molar-refractivity contribution in [2.24, 2.45) is 0 Å². The predicted octanol–water partition coefficient (Wildman–Crippen LogP) is 2.57. The maximum absolute atomic E-state index is 11.8. The minimum Gasteiger partial charge on any atom is -0.460 e. The van der Waals surface area contributed by atoms with Gasteiger partial charge >= 0.3 is 5.97 Å². The molecule has 0 aromatic rings. The number of rotatable bonds is 5. The van der Waals surface area contributed by atoms with Crippen molar-refractivity contribution in [3.8, 4) is 0 Å². The maximum atomic E-state index is 11.8. The van der Waals surface area contributed by atoms with Crippen LogP contribution in [0.3, 0.4) is 0 Å². The summed E-state index contributed by atoms with van der Waals surface area (Å²) < 4.78 is 11.2. The Morgan fingerprint density at radius 1 is 1.50 bits per heavy atom. The third kappa shape index (κ3) is 4.15. The second-order valence-corrected chi connectivity index (χ2v) is 11.5. The van der Waals surface area contributed by atoms with Crippen molar-refractivity contribution >= 4 is 14.3 Å². The van der Waals surface area contributed by atoms with Gasteiger partial charge in [-0.15, -0.1) is 0 Å². The molecule has 0 aliphatic carbocycles. The van der Waals surface area contributed by atoms with Crippen LogP contribution in [0.1, 0.15) is 27.2 Å². The van der Waals surface area contributed by atoms with Gasteiger partial charge in [-0.3, -0.25) is 4.79 Å². The van der Waals surface area contributed by atoms with Crippen LogP contribution in [-0.2, 0) is 14.0 Å². The summed E-state index contributed by atoms with van der Waals surface area (Å²) in [4.78, 5) is 11.8. The molecule has 0 amide bonds. The Hall–Kier alpha value is -0.693. The fourth-order valence-corrected chi connectivity index (χ4v) is 3.27. The van der Waals surface area contributed by atoms with E-state index in [0.717, 1.165) is 5.06 Å². The van der Waals surface area contributed by atoms with E-state index in [-0.39, 0.29) is 17.7 Å². The van der Waals surface area contributed by atoms with Crippen LogP contribution in [0.15, 0.2) is 12.7 Å². The molecule has 116 valence electrons. The van der Waals surface area contributed by atoms with Gasteiger partial charge in [0.15, 0.2) is 8.32 Å². The number of carbonyl (C=O) groups excluding carboxylic acids is 1. The SMILES string of the molecule is C=CCOC(=O)[C@@H]1C[C@@H](O[Si](C)(C)C(C)(C)C)CN1O. The first-order valence-corrected chi connectivity index (χ1v) is 9.90. The number of hydrogen-bond acceptors (Lipinski definition) is 5. The molecule has 0 aromatic carbocycles. The lowest BCUT2D eigenvalue weighted by Crippen LogP contribution is -2.44. The summed E-state index contributed by atoms with van der Waals surface area (Å²) in [6, 6.07) is -0.635. The molecule has 5 nitrogen and oxygen atoms in total. The third-order valence-electron chi connectivity index (χ3n) is 4.12. The van der Waals surface area contributed by atoms with E-state index in [1.165, 1.54) is 6.08 Å². The summed E-state index contributed by atoms with van der Waals surface area (Å²) in [5.41, 5.74) is 0. The van der Waals surface area contributed by atoms with E-state index in [0.29, 0.717) is 13.0 Å². The molecule has 1 aliphatic rings. The second kappa shape index (κ2) is 6.38. The monoisotopic (exact) mass is 301 g/mol. The van der Waals surface area contributed by atoms with E-state index in [4.69, 9.17) is 9.16 Å². The van der Waals surface area contributed by atoms with Crippen LogP contribution < -0.4 is 0 Å². The zero-order valence-electron chi connectivity index (χ0n) is 13.2. The van der Waals surface area contributed by atoms with Crippen LogP contribution in [0.4, 0.5) is 0 Å². The van der Waals surface area contributed by atoms with Gasteiger partial charge in [0.1, 0.15) is 12.6 Å². The molecule has 0 unspecified atom stereocenters. The van der Waals surface area contributed by atoms with Gasteiger partial charge in [-0.1, -0.05) is 33.4 Å². The van der Waals surface area contributed by atoms with Crippen molar-refractivity contribution in [2.45, 2.75) is 57.5 Å². The third-order valence-corrected chi connectivity index (χ3v) is 8.65. The number of hydrogen-bond donors (Lipinski definition) is 1. The molecule has 1 fully saturated rings. The molecule has 2 atom stereocenters. The second-order valence-electron chi connectivity index (χ2n) is 6.79. The Morgan fingerprint density at radius 2 is 2.10 bits per heavy atom. The van der Waals surface area contributed by atoms with Crippen molar-refractivity contribution in [3.05, 3.63) is 12.7 Å². The first kappa shape index (κ1) is 17.4. The number of hydroxylamine groups is 2. The first-order valence-electron chi connectivity index (χ1n) is 6.99. The van der Waals surface area contributed by atoms with Gasteiger partial charge in [-0.2, -0.15) is 5.06 Å². The van der Waals surface area contributed by atoms with Crippen LogP contribution in [0.2, 0.25) is 18.1 Å². The van der Waals surface area contributed by atoms with Gasteiger partial charge in [0.25, 0.3) is 0 Å². The number of carbonyl (C=O) groups is 1. The smallest absolute Gasteiger partial charge is 0.326 e. The summed E-state index contributed by atoms with van der Waals surface area (Å²) >= 11 is 0. The molecule has 0 radical (unpaired) electrons. The lowest BCUT2D eigenvalue weighted by molar-refractivity contribution is -0.166. The Kier molecular flexibility index (Phi) is 5.54. The van der Waals surface area contributed by atoms with E-state index >= 15 is 0 Å². The summed E-state index contributed by atoms with van der Waals surface area (Å²) in [7, 11) is -1.90. The van der Waals surface area contributed by atoms with E-state index in [1.54, 1.807) is 0 Å². The molecule has 1 rings (SSSR count). The summed E-state index contributed by atoms with van der Waals surface area (Å²) in [5.74, 6) is -0.422. The highest BCUT2D eigenvalue weighted by Gasteiger charge is 2.44. The van der Waals surface area contributed by atoms with E-state index in [9.17, 15) is 10.0 Å². The quantitative estimate of drug-likeness (QED) is 0.480. The number of ether oxygens (including phenoxy) is 1. The molecule has 0 aromatic heterocycles. The minimum atomic E-state index is -1.90. The maximum Gasteiger partial charge on any atom is 0.326 e. The minimum absolute atomic E-state index is 0.106. The van der Waals surface area contributed by atoms with Gasteiger partial charge in [0.05, 0.1) is 6.10 Å². The predicted molar refractivity (Wildman–Crippen MR) is 80.1 cm³/mol. The molecule has 1 N–H and O–H groups in total. The zero-order valence-corrected chi connectivity index (χ0v) is 14.2. The highest BCUT2D eigenvalue weighted by Crippen LogP contribution is 2.38. The number of esters is 1. The number of nitrogens with zero attached hydrogens (tertiary/aromatic N) is 1. The van der Waals surface area contributed by atoms with Crippen molar-refractivity contribution in [1.82, 2.24) is 5.06 Å². The summed E-state index contributed by atoms with van der Waals surface area (Å²) in [6.45, 7) is 14.8. The van der Waals surface area contributed by atoms with Crippen LogP contribution in [0.5, 0.6) is 0 Å². The summed E-state index contributed by atoms with van der Waals surface area (Å²) in [5, 5.41) is 11.0. The Labute approximate surface area is 122 Å². The molecular formula is C14H27NO4Si. The zero-order chi connectivity index (χ0) is 15.6. The average molecular weight is 301 g/mol. The van der Waals surface area contributed by atoms with Crippen molar-refractivity contribution < 1.29 is 19.2 Å². The fraction of sp³-hybridized carbons (Fsp3) is 0.786. The lowest BCUT2D eigenvalue weighted by atomic mass is 10.2. The van der Waals surface area contributed by atoms with Crippen molar-refractivity contribution in [1.29, 1.82) is 0 Å². The van der Waals surface area contributed by atoms with Gasteiger partial charge < -0.3 is 14.4 Å². The Balaban J connectivity index is 2.61. The fourth-order valence-electron chi connectivity index (χ4n) is 1.92. The molecular weight excluding hydrogens is 274 g/mol. The van der Waals surface area contributed by atoms with E-state index in [1.807, 2.05) is 0 Å². The highest BCUT2D eigenvalue weighted by atomic mass is 28.4. The van der Waals surface area contributed by atoms with Crippen LogP contribution in [0.25, 0.3) is 0 Å². The van der Waals surface area contributed by atoms with Gasteiger partial charge in [0, 0.05) is 13.0 Å². The molecule has 1 aliphatic heterocycles. The first-order chi connectivity index (χ1) is 9.08. The molecule has 0 saturated carbocycles. The average Bonchev–Trinajstić information content (AvgIpc) is 2.64. The molecule has 6 heteroatoms. The lowest BCUT2D eigenvalue weighted by Gasteiger charge is -2.38. The molecule has 1 saturated heterocycles. The molecule has 0 spiro atoms. The van der Waals surface area contributed by atoms with Gasteiger partial charge in [-0.25, -0.2) is 0 Å². The molecule has 0 bridgehead atoms. The van der Waals surface area contributed by atoms with Gasteiger partial charge in [0.2, 0.25) is 0 Å². The van der Waals surface area contributed by atoms with Crippen LogP contribution in [-0.4, -0.2) is 49.9 Å².